The summed E-state index contributed by atoms with van der Waals surface area (Å²) in [7, 11) is 0. The lowest BCUT2D eigenvalue weighted by Crippen LogP contribution is -2.23. The number of carbonyl (C=O) groups excluding carboxylic acids is 2. The van der Waals surface area contributed by atoms with Crippen molar-refractivity contribution in [3.63, 3.8) is 0 Å². The highest BCUT2D eigenvalue weighted by atomic mass is 32.2. The molecule has 0 aromatic carbocycles. The smallest absolute Gasteiger partial charge is 0.269 e. The third-order valence-electron chi connectivity index (χ3n) is 1.31. The number of aliphatic hydroxyl groups is 4. The Hall–Kier alpha value is -1.91. The molecule has 0 heterocycles. The first-order valence-corrected chi connectivity index (χ1v) is 4.30. The van der Waals surface area contributed by atoms with Gasteiger partial charge in [-0.25, -0.2) is 0 Å². The number of aliphatic hydroxyl groups excluding tert-OH is 4. The maximum atomic E-state index is 10.6. The largest absolute Gasteiger partial charge is 0.784 e. The Balaban J connectivity index is 0.000000487. The van der Waals surface area contributed by atoms with E-state index in [1.165, 1.54) is 0 Å². The van der Waals surface area contributed by atoms with Crippen LogP contribution in [0.15, 0.2) is 23.0 Å². The van der Waals surface area contributed by atoms with Crippen LogP contribution in [-0.2, 0) is 21.0 Å². The molecule has 10 heteroatoms. The van der Waals surface area contributed by atoms with Crippen molar-refractivity contribution >= 4 is 22.9 Å². The minimum absolute atomic E-state index is 1.27. The van der Waals surface area contributed by atoms with E-state index in [9.17, 15) is 9.59 Å². The fraction of sp³-hybridized carbons (Fsp3) is 0. The number of hydrogen-bond donors (Lipinski definition) is 4. The van der Waals surface area contributed by atoms with E-state index in [0.29, 0.717) is 0 Å². The van der Waals surface area contributed by atoms with Gasteiger partial charge in [0.2, 0.25) is 23.0 Å². The molecule has 16 heavy (non-hydrogen) atoms. The second-order valence-electron chi connectivity index (χ2n) is 2.26. The molecule has 0 aromatic heterocycles. The minimum atomic E-state index is -3.11. The van der Waals surface area contributed by atoms with Crippen molar-refractivity contribution in [3.05, 3.63) is 23.0 Å². The summed E-state index contributed by atoms with van der Waals surface area (Å²) < 4.78 is 25.3. The Morgan fingerprint density at radius 1 is 0.750 bits per heavy atom. The van der Waals surface area contributed by atoms with Crippen LogP contribution >= 0.6 is 0 Å². The summed E-state index contributed by atoms with van der Waals surface area (Å²) in [5.41, 5.74) is 0. The van der Waals surface area contributed by atoms with Crippen LogP contribution in [0.3, 0.4) is 0 Å². The van der Waals surface area contributed by atoms with E-state index in [-0.39, 0.29) is 0 Å². The molecule has 0 amide bonds. The van der Waals surface area contributed by atoms with Crippen LogP contribution in [0.25, 0.3) is 0 Å². The summed E-state index contributed by atoms with van der Waals surface area (Å²) in [5, 5.41) is 34.6. The van der Waals surface area contributed by atoms with Crippen LogP contribution < -0.4 is 0 Å². The first-order chi connectivity index (χ1) is 7.20. The second-order valence-corrected chi connectivity index (χ2v) is 2.67. The highest BCUT2D eigenvalue weighted by Crippen LogP contribution is 2.17. The fourth-order valence-corrected chi connectivity index (χ4v) is 0.654. The van der Waals surface area contributed by atoms with Gasteiger partial charge in [0, 0.05) is 0 Å². The van der Waals surface area contributed by atoms with Gasteiger partial charge >= 0.3 is 0 Å². The zero-order chi connectivity index (χ0) is 13.0. The van der Waals surface area contributed by atoms with Crippen molar-refractivity contribution in [2.24, 2.45) is 0 Å². The number of carbonyl (C=O) groups is 2. The molecule has 1 aliphatic carbocycles. The highest BCUT2D eigenvalue weighted by Gasteiger charge is 2.34. The molecule has 0 saturated heterocycles. The standard InChI is InChI=1S/C6H4O6.H2O3S/c7-1-2(8)4(10)6(12)5(11)3(1)9;1-4(2)3/h7-8,11-12H;(H2,1,2,3)/p-2. The molecule has 0 aliphatic heterocycles. The van der Waals surface area contributed by atoms with E-state index < -0.39 is 46.0 Å². The third-order valence-corrected chi connectivity index (χ3v) is 1.31. The molecule has 90 valence electrons. The van der Waals surface area contributed by atoms with Gasteiger partial charge in [0.05, 0.1) is 0 Å². The Kier molecular flexibility index (Phi) is 4.62. The molecule has 4 N–H and O–H groups in total. The summed E-state index contributed by atoms with van der Waals surface area (Å²) in [6.07, 6.45) is 0. The van der Waals surface area contributed by atoms with Crippen molar-refractivity contribution in [2.75, 3.05) is 0 Å². The van der Waals surface area contributed by atoms with Gasteiger partial charge in [-0.05, 0) is 0 Å². The van der Waals surface area contributed by atoms with Gasteiger partial charge < -0.3 is 29.5 Å². The molecular weight excluding hydrogens is 248 g/mol. The first-order valence-electron chi connectivity index (χ1n) is 3.30. The molecule has 0 spiro atoms. The maximum absolute atomic E-state index is 10.6. The normalized spacial score (nSPS) is 16.4. The molecule has 9 nitrogen and oxygen atoms in total. The monoisotopic (exact) mass is 252 g/mol. The van der Waals surface area contributed by atoms with E-state index in [1.54, 1.807) is 0 Å². The lowest BCUT2D eigenvalue weighted by atomic mass is 10.1. The molecule has 0 saturated carbocycles. The maximum Gasteiger partial charge on any atom is 0.269 e. The molecule has 0 atom stereocenters. The predicted octanol–water partition coefficient (Wildman–Crippen LogP) is -1.21. The molecule has 1 rings (SSSR count). The molecule has 0 unspecified atom stereocenters. The lowest BCUT2D eigenvalue weighted by molar-refractivity contribution is -0.124. The van der Waals surface area contributed by atoms with E-state index in [4.69, 9.17) is 33.7 Å². The van der Waals surface area contributed by atoms with Gasteiger partial charge in [-0.3, -0.25) is 13.8 Å². The van der Waals surface area contributed by atoms with E-state index in [0.717, 1.165) is 0 Å². The van der Waals surface area contributed by atoms with Crippen molar-refractivity contribution in [3.8, 4) is 0 Å². The van der Waals surface area contributed by atoms with Gasteiger partial charge in [-0.1, -0.05) is 0 Å². The number of Topliss-reactive ketones (excluding diaryl/α,β-unsaturated/α-hetero) is 2. The Morgan fingerprint density at radius 2 is 0.875 bits per heavy atom. The Bertz CT molecular complexity index is 352. The number of hydrogen-bond acceptors (Lipinski definition) is 9. The lowest BCUT2D eigenvalue weighted by Gasteiger charge is -2.08. The summed E-state index contributed by atoms with van der Waals surface area (Å²) in [6, 6.07) is 0. The molecule has 0 aromatic rings. The average Bonchev–Trinajstić information content (AvgIpc) is 2.20. The molecule has 1 aliphatic rings. The molecule has 0 radical (unpaired) electrons. The van der Waals surface area contributed by atoms with Gasteiger partial charge in [-0.2, -0.15) is 0 Å². The van der Waals surface area contributed by atoms with Crippen LogP contribution in [0.4, 0.5) is 0 Å². The van der Waals surface area contributed by atoms with Crippen LogP contribution in [0.5, 0.6) is 0 Å². The number of rotatable bonds is 0. The summed E-state index contributed by atoms with van der Waals surface area (Å²) in [5.74, 6) is -7.84. The predicted molar refractivity (Wildman–Crippen MR) is 44.3 cm³/mol. The van der Waals surface area contributed by atoms with Crippen molar-refractivity contribution in [2.45, 2.75) is 0 Å². The molecular formula is C6H4O9S-2. The topological polar surface area (TPSA) is 178 Å². The third kappa shape index (κ3) is 3.05. The van der Waals surface area contributed by atoms with Gasteiger partial charge in [0.15, 0.2) is 0 Å². The van der Waals surface area contributed by atoms with Crippen molar-refractivity contribution < 1.29 is 43.3 Å². The summed E-state index contributed by atoms with van der Waals surface area (Å²) >= 11 is -3.11. The minimum Gasteiger partial charge on any atom is -0.784 e. The van der Waals surface area contributed by atoms with E-state index in [2.05, 4.69) is 0 Å². The van der Waals surface area contributed by atoms with Crippen LogP contribution in [0.1, 0.15) is 0 Å². The van der Waals surface area contributed by atoms with Gasteiger partial charge in [-0.15, -0.1) is 11.4 Å². The average molecular weight is 252 g/mol. The van der Waals surface area contributed by atoms with E-state index in [1.807, 2.05) is 0 Å². The van der Waals surface area contributed by atoms with Crippen LogP contribution in [0, 0.1) is 0 Å². The molecule has 0 fully saturated rings. The zero-order valence-corrected chi connectivity index (χ0v) is 8.05. The SMILES string of the molecule is O=C1C(O)=C(O)C(=O)C(O)=C1O.O=S([O-])[O-]. The van der Waals surface area contributed by atoms with Crippen molar-refractivity contribution in [1.29, 1.82) is 0 Å². The van der Waals surface area contributed by atoms with Gasteiger partial charge in [0.25, 0.3) is 11.6 Å². The van der Waals surface area contributed by atoms with Crippen LogP contribution in [-0.4, -0.2) is 45.3 Å². The second kappa shape index (κ2) is 5.25. The fourth-order valence-electron chi connectivity index (χ4n) is 0.654. The number of ketones is 2. The zero-order valence-electron chi connectivity index (χ0n) is 7.24. The quantitative estimate of drug-likeness (QED) is 0.304. The Morgan fingerprint density at radius 3 is 1.00 bits per heavy atom. The van der Waals surface area contributed by atoms with Crippen molar-refractivity contribution in [1.82, 2.24) is 0 Å². The Labute approximate surface area is 90.1 Å². The first kappa shape index (κ1) is 14.1. The highest BCUT2D eigenvalue weighted by molar-refractivity contribution is 7.72. The summed E-state index contributed by atoms with van der Waals surface area (Å²) in [4.78, 5) is 21.2. The van der Waals surface area contributed by atoms with Crippen LogP contribution in [0.2, 0.25) is 0 Å². The summed E-state index contributed by atoms with van der Waals surface area (Å²) in [6.45, 7) is 0. The van der Waals surface area contributed by atoms with Gasteiger partial charge in [0.1, 0.15) is 0 Å². The van der Waals surface area contributed by atoms with E-state index >= 15 is 0 Å². The molecule has 0 bridgehead atoms.